The minimum Gasteiger partial charge on any atom is -0.398 e. The van der Waals surface area contributed by atoms with Crippen molar-refractivity contribution in [2.75, 3.05) is 5.73 Å². The van der Waals surface area contributed by atoms with Gasteiger partial charge in [-0.25, -0.2) is 12.8 Å². The van der Waals surface area contributed by atoms with E-state index in [4.69, 9.17) is 5.73 Å². The SMILES string of the molecule is Nc1ccc(C(F)(F)F)cc1S(=O)(=O)c1ccccc1F. The lowest BCUT2D eigenvalue weighted by Crippen LogP contribution is -2.11. The topological polar surface area (TPSA) is 60.2 Å². The number of hydrogen-bond donors (Lipinski definition) is 1. The molecule has 0 aliphatic carbocycles. The van der Waals surface area contributed by atoms with Gasteiger partial charge in [-0.1, -0.05) is 12.1 Å². The highest BCUT2D eigenvalue weighted by Crippen LogP contribution is 2.35. The fourth-order valence-electron chi connectivity index (χ4n) is 1.72. The smallest absolute Gasteiger partial charge is 0.398 e. The van der Waals surface area contributed by atoms with Crippen LogP contribution in [0.4, 0.5) is 23.2 Å². The van der Waals surface area contributed by atoms with Gasteiger partial charge in [-0.2, -0.15) is 13.2 Å². The molecule has 3 nitrogen and oxygen atoms in total. The molecule has 21 heavy (non-hydrogen) atoms. The van der Waals surface area contributed by atoms with Gasteiger partial charge < -0.3 is 5.73 Å². The van der Waals surface area contributed by atoms with E-state index >= 15 is 0 Å². The highest BCUT2D eigenvalue weighted by Gasteiger charge is 2.33. The van der Waals surface area contributed by atoms with Crippen LogP contribution in [0.1, 0.15) is 5.56 Å². The van der Waals surface area contributed by atoms with Crippen LogP contribution in [-0.2, 0) is 16.0 Å². The predicted molar refractivity (Wildman–Crippen MR) is 67.7 cm³/mol. The number of sulfone groups is 1. The van der Waals surface area contributed by atoms with Crippen molar-refractivity contribution < 1.29 is 26.0 Å². The zero-order valence-corrected chi connectivity index (χ0v) is 11.2. The predicted octanol–water partition coefficient (Wildman–Crippen LogP) is 3.26. The standard InChI is InChI=1S/C13H9F4NO2S/c14-9-3-1-2-4-11(9)21(19,20)12-7-8(13(15,16)17)5-6-10(12)18/h1-7H,18H2. The van der Waals surface area contributed by atoms with Gasteiger partial charge in [0.15, 0.2) is 0 Å². The Hall–Kier alpha value is -2.09. The van der Waals surface area contributed by atoms with E-state index in [1.165, 1.54) is 12.1 Å². The number of benzene rings is 2. The van der Waals surface area contributed by atoms with E-state index in [-0.39, 0.29) is 5.69 Å². The third kappa shape index (κ3) is 2.85. The van der Waals surface area contributed by atoms with Crippen LogP contribution in [0, 0.1) is 5.82 Å². The van der Waals surface area contributed by atoms with E-state index < -0.39 is 37.2 Å². The summed E-state index contributed by atoms with van der Waals surface area (Å²) in [4.78, 5) is -1.50. The van der Waals surface area contributed by atoms with Crippen LogP contribution < -0.4 is 5.73 Å². The van der Waals surface area contributed by atoms with Crippen molar-refractivity contribution in [3.05, 3.63) is 53.8 Å². The van der Waals surface area contributed by atoms with Gasteiger partial charge in [0, 0.05) is 0 Å². The second-order valence-corrected chi connectivity index (χ2v) is 6.07. The van der Waals surface area contributed by atoms with Gasteiger partial charge >= 0.3 is 6.18 Å². The molecule has 0 aliphatic rings. The molecule has 0 saturated carbocycles. The van der Waals surface area contributed by atoms with Gasteiger partial charge in [-0.3, -0.25) is 0 Å². The maximum atomic E-state index is 13.6. The van der Waals surface area contributed by atoms with Crippen LogP contribution in [0.5, 0.6) is 0 Å². The molecule has 8 heteroatoms. The first-order valence-electron chi connectivity index (χ1n) is 5.60. The van der Waals surface area contributed by atoms with Crippen molar-refractivity contribution in [2.45, 2.75) is 16.0 Å². The Morgan fingerprint density at radius 1 is 0.952 bits per heavy atom. The molecule has 0 heterocycles. The van der Waals surface area contributed by atoms with Crippen molar-refractivity contribution in [3.8, 4) is 0 Å². The Morgan fingerprint density at radius 2 is 1.57 bits per heavy atom. The Kier molecular flexibility index (Phi) is 3.66. The molecule has 0 fully saturated rings. The summed E-state index contributed by atoms with van der Waals surface area (Å²) in [7, 11) is -4.48. The van der Waals surface area contributed by atoms with E-state index in [2.05, 4.69) is 0 Å². The number of nitrogens with two attached hydrogens (primary N) is 1. The summed E-state index contributed by atoms with van der Waals surface area (Å²) in [5.74, 6) is -1.06. The van der Waals surface area contributed by atoms with Crippen molar-refractivity contribution in [3.63, 3.8) is 0 Å². The highest BCUT2D eigenvalue weighted by molar-refractivity contribution is 7.91. The molecule has 2 N–H and O–H groups in total. The third-order valence-corrected chi connectivity index (χ3v) is 4.60. The first-order chi connectivity index (χ1) is 9.64. The highest BCUT2D eigenvalue weighted by atomic mass is 32.2. The number of halogens is 4. The van der Waals surface area contributed by atoms with E-state index in [1.54, 1.807) is 0 Å². The Bertz CT molecular complexity index is 785. The van der Waals surface area contributed by atoms with Crippen LogP contribution in [0.2, 0.25) is 0 Å². The summed E-state index contributed by atoms with van der Waals surface area (Å²) in [6, 6.07) is 6.29. The maximum absolute atomic E-state index is 13.6. The molecular formula is C13H9F4NO2S. The quantitative estimate of drug-likeness (QED) is 0.683. The molecule has 0 spiro atoms. The van der Waals surface area contributed by atoms with E-state index in [9.17, 15) is 26.0 Å². The largest absolute Gasteiger partial charge is 0.416 e. The average Bonchev–Trinajstić information content (AvgIpc) is 2.37. The molecule has 0 amide bonds. The van der Waals surface area contributed by atoms with E-state index in [0.717, 1.165) is 18.2 Å². The van der Waals surface area contributed by atoms with Gasteiger partial charge in [-0.05, 0) is 30.3 Å². The van der Waals surface area contributed by atoms with Crippen LogP contribution in [0.3, 0.4) is 0 Å². The summed E-state index contributed by atoms with van der Waals surface area (Å²) in [5, 5.41) is 0. The van der Waals surface area contributed by atoms with Gasteiger partial charge in [0.05, 0.1) is 16.1 Å². The van der Waals surface area contributed by atoms with Crippen molar-refractivity contribution in [1.82, 2.24) is 0 Å². The Morgan fingerprint density at radius 3 is 2.14 bits per heavy atom. The molecule has 2 aromatic rings. The van der Waals surface area contributed by atoms with Gasteiger partial charge in [-0.15, -0.1) is 0 Å². The molecule has 2 aromatic carbocycles. The fraction of sp³-hybridized carbons (Fsp3) is 0.0769. The molecule has 0 aromatic heterocycles. The summed E-state index contributed by atoms with van der Waals surface area (Å²) in [6.07, 6.45) is -4.73. The van der Waals surface area contributed by atoms with Crippen LogP contribution in [0.15, 0.2) is 52.3 Å². The Labute approximate surface area is 117 Å². The summed E-state index contributed by atoms with van der Waals surface area (Å²) in [5.41, 5.74) is 3.88. The van der Waals surface area contributed by atoms with Gasteiger partial charge in [0.25, 0.3) is 0 Å². The zero-order valence-electron chi connectivity index (χ0n) is 10.4. The van der Waals surface area contributed by atoms with Crippen LogP contribution in [-0.4, -0.2) is 8.42 Å². The zero-order chi connectivity index (χ0) is 15.8. The lowest BCUT2D eigenvalue weighted by Gasteiger charge is -2.12. The molecule has 112 valence electrons. The Balaban J connectivity index is 2.69. The normalized spacial score (nSPS) is 12.4. The van der Waals surface area contributed by atoms with E-state index in [1.807, 2.05) is 0 Å². The molecule has 2 rings (SSSR count). The van der Waals surface area contributed by atoms with Crippen molar-refractivity contribution in [1.29, 1.82) is 0 Å². The lowest BCUT2D eigenvalue weighted by atomic mass is 10.2. The number of nitrogen functional groups attached to an aromatic ring is 1. The fourth-order valence-corrected chi connectivity index (χ4v) is 3.20. The molecule has 0 radical (unpaired) electrons. The molecular weight excluding hydrogens is 310 g/mol. The number of hydrogen-bond acceptors (Lipinski definition) is 3. The maximum Gasteiger partial charge on any atom is 0.416 e. The van der Waals surface area contributed by atoms with Gasteiger partial charge in [0.2, 0.25) is 9.84 Å². The molecule has 0 unspecified atom stereocenters. The van der Waals surface area contributed by atoms with E-state index in [0.29, 0.717) is 12.1 Å². The van der Waals surface area contributed by atoms with Crippen LogP contribution in [0.25, 0.3) is 0 Å². The number of rotatable bonds is 2. The average molecular weight is 319 g/mol. The minimum atomic E-state index is -4.73. The summed E-state index contributed by atoms with van der Waals surface area (Å²) < 4.78 is 76.1. The third-order valence-electron chi connectivity index (χ3n) is 2.76. The summed E-state index contributed by atoms with van der Waals surface area (Å²) in [6.45, 7) is 0. The molecule has 0 aliphatic heterocycles. The molecule has 0 atom stereocenters. The number of anilines is 1. The van der Waals surface area contributed by atoms with Crippen molar-refractivity contribution >= 4 is 15.5 Å². The molecule has 0 bridgehead atoms. The first-order valence-corrected chi connectivity index (χ1v) is 7.08. The second kappa shape index (κ2) is 5.03. The second-order valence-electron chi connectivity index (χ2n) is 4.18. The van der Waals surface area contributed by atoms with Gasteiger partial charge in [0.1, 0.15) is 10.7 Å². The molecule has 0 saturated heterocycles. The minimum absolute atomic E-state index is 0.383. The van der Waals surface area contributed by atoms with Crippen molar-refractivity contribution in [2.24, 2.45) is 0 Å². The summed E-state index contributed by atoms with van der Waals surface area (Å²) >= 11 is 0. The monoisotopic (exact) mass is 319 g/mol. The lowest BCUT2D eigenvalue weighted by molar-refractivity contribution is -0.137. The first kappa shape index (κ1) is 15.3. The number of alkyl halides is 3. The van der Waals surface area contributed by atoms with Crippen LogP contribution >= 0.6 is 0 Å².